The van der Waals surface area contributed by atoms with Gasteiger partial charge in [-0.3, -0.25) is 0 Å². The Morgan fingerprint density at radius 3 is 1.64 bits per heavy atom. The molecule has 0 saturated heterocycles. The fourth-order valence-electron chi connectivity index (χ4n) is 3.71. The summed E-state index contributed by atoms with van der Waals surface area (Å²) in [6.45, 7) is 9.41. The van der Waals surface area contributed by atoms with Crippen molar-refractivity contribution in [3.8, 4) is 0 Å². The van der Waals surface area contributed by atoms with Gasteiger partial charge >= 0.3 is 0 Å². The van der Waals surface area contributed by atoms with Crippen molar-refractivity contribution in [3.05, 3.63) is 60.7 Å². The fraction of sp³-hybridized carbons (Fsp3) is 0.500. The predicted molar refractivity (Wildman–Crippen MR) is 120 cm³/mol. The van der Waals surface area contributed by atoms with Crippen LogP contribution < -0.4 is 10.4 Å². The van der Waals surface area contributed by atoms with Crippen LogP contribution >= 0.6 is 0 Å². The van der Waals surface area contributed by atoms with Gasteiger partial charge in [0.05, 0.1) is 0 Å². The molecule has 0 heterocycles. The first-order valence-electron chi connectivity index (χ1n) is 10.5. The van der Waals surface area contributed by atoms with Crippen LogP contribution in [0.25, 0.3) is 0 Å². The van der Waals surface area contributed by atoms with E-state index in [1.54, 1.807) is 0 Å². The second-order valence-corrected chi connectivity index (χ2v) is 12.6. The van der Waals surface area contributed by atoms with Crippen LogP contribution in [0.5, 0.6) is 0 Å². The van der Waals surface area contributed by atoms with Crippen molar-refractivity contribution >= 4 is 18.7 Å². The molecule has 2 rings (SSSR count). The van der Waals surface area contributed by atoms with Crippen LogP contribution in [0.2, 0.25) is 5.04 Å². The largest absolute Gasteiger partial charge is 0.407 e. The topological polar surface area (TPSA) is 38.7 Å². The van der Waals surface area contributed by atoms with Gasteiger partial charge in [0.25, 0.3) is 8.32 Å². The van der Waals surface area contributed by atoms with Crippen molar-refractivity contribution in [1.29, 1.82) is 0 Å². The lowest BCUT2D eigenvalue weighted by molar-refractivity contribution is 0.118. The summed E-state index contributed by atoms with van der Waals surface area (Å²) in [5.41, 5.74) is 0. The Labute approximate surface area is 171 Å². The van der Waals surface area contributed by atoms with E-state index < -0.39 is 8.32 Å². The number of aliphatic hydroxyl groups excluding tert-OH is 1. The molecular formula is C24H36O3Si. The number of unbranched alkanes of at least 4 members (excludes halogenated alkanes) is 2. The molecule has 28 heavy (non-hydrogen) atoms. The third-order valence-corrected chi connectivity index (χ3v) is 10.2. The first kappa shape index (κ1) is 22.8. The van der Waals surface area contributed by atoms with Crippen LogP contribution in [0.1, 0.15) is 46.5 Å². The maximum absolute atomic E-state index is 8.80. The van der Waals surface area contributed by atoms with Gasteiger partial charge < -0.3 is 14.3 Å². The standard InChI is InChI=1S/C24H36O3Si/c1-24(2,3)28(22-14-6-4-7-15-22,23-16-8-5-9-17-23)27-21-13-12-20-26-19-11-10-18-25/h4-9,14-17,25H,10-13,18-21H2,1-3H3. The minimum absolute atomic E-state index is 0.0243. The molecule has 2 aromatic rings. The molecule has 0 unspecified atom stereocenters. The van der Waals surface area contributed by atoms with Gasteiger partial charge in [-0.15, -0.1) is 0 Å². The summed E-state index contributed by atoms with van der Waals surface area (Å²) >= 11 is 0. The van der Waals surface area contributed by atoms with Crippen LogP contribution in [0, 0.1) is 0 Å². The SMILES string of the molecule is CC(C)(C)[Si](OCCCCOCCCCO)(c1ccccc1)c1ccccc1. The lowest BCUT2D eigenvalue weighted by Gasteiger charge is -2.43. The van der Waals surface area contributed by atoms with E-state index in [2.05, 4.69) is 81.4 Å². The quantitative estimate of drug-likeness (QED) is 0.430. The predicted octanol–water partition coefficient (Wildman–Crippen LogP) is 4.13. The summed E-state index contributed by atoms with van der Waals surface area (Å²) in [5, 5.41) is 11.5. The van der Waals surface area contributed by atoms with E-state index in [4.69, 9.17) is 14.3 Å². The van der Waals surface area contributed by atoms with Crippen molar-refractivity contribution < 1.29 is 14.3 Å². The Balaban J connectivity index is 2.08. The summed E-state index contributed by atoms with van der Waals surface area (Å²) in [7, 11) is -2.40. The third kappa shape index (κ3) is 6.02. The summed E-state index contributed by atoms with van der Waals surface area (Å²) in [6.07, 6.45) is 3.73. The molecule has 0 amide bonds. The molecule has 154 valence electrons. The van der Waals surface area contributed by atoms with Crippen LogP contribution in [0.15, 0.2) is 60.7 Å². The van der Waals surface area contributed by atoms with Gasteiger partial charge in [0.15, 0.2) is 0 Å². The van der Waals surface area contributed by atoms with Crippen LogP contribution in [-0.2, 0) is 9.16 Å². The van der Waals surface area contributed by atoms with Crippen molar-refractivity contribution in [2.45, 2.75) is 51.5 Å². The summed E-state index contributed by atoms with van der Waals surface area (Å²) in [6, 6.07) is 21.6. The van der Waals surface area contributed by atoms with Crippen LogP contribution in [0.3, 0.4) is 0 Å². The van der Waals surface area contributed by atoms with Gasteiger partial charge in [0, 0.05) is 26.4 Å². The lowest BCUT2D eigenvalue weighted by atomic mass is 10.2. The molecular weight excluding hydrogens is 364 g/mol. The van der Waals surface area contributed by atoms with Crippen LogP contribution in [0.4, 0.5) is 0 Å². The molecule has 0 aromatic heterocycles. The number of benzene rings is 2. The average molecular weight is 401 g/mol. The zero-order valence-corrected chi connectivity index (χ0v) is 18.7. The van der Waals surface area contributed by atoms with E-state index in [1.807, 2.05) is 0 Å². The Morgan fingerprint density at radius 1 is 0.714 bits per heavy atom. The summed E-state index contributed by atoms with van der Waals surface area (Å²) in [5.74, 6) is 0. The molecule has 0 spiro atoms. The molecule has 2 aromatic carbocycles. The molecule has 0 aliphatic carbocycles. The fourth-order valence-corrected chi connectivity index (χ4v) is 8.32. The van der Waals surface area contributed by atoms with E-state index in [0.29, 0.717) is 0 Å². The van der Waals surface area contributed by atoms with Crippen molar-refractivity contribution in [1.82, 2.24) is 0 Å². The van der Waals surface area contributed by atoms with E-state index in [-0.39, 0.29) is 11.6 Å². The molecule has 1 N–H and O–H groups in total. The number of aliphatic hydroxyl groups is 1. The average Bonchev–Trinajstić information content (AvgIpc) is 2.70. The normalized spacial score (nSPS) is 12.3. The zero-order valence-electron chi connectivity index (χ0n) is 17.7. The highest BCUT2D eigenvalue weighted by atomic mass is 28.4. The highest BCUT2D eigenvalue weighted by Crippen LogP contribution is 2.36. The molecule has 0 fully saturated rings. The molecule has 3 nitrogen and oxygen atoms in total. The second-order valence-electron chi connectivity index (χ2n) is 8.26. The minimum atomic E-state index is -2.40. The second kappa shape index (κ2) is 11.5. The first-order chi connectivity index (χ1) is 13.5. The van der Waals surface area contributed by atoms with E-state index >= 15 is 0 Å². The van der Waals surface area contributed by atoms with Crippen molar-refractivity contribution in [2.24, 2.45) is 0 Å². The number of hydrogen-bond donors (Lipinski definition) is 1. The van der Waals surface area contributed by atoms with Gasteiger partial charge in [0.1, 0.15) is 0 Å². The summed E-state index contributed by atoms with van der Waals surface area (Å²) in [4.78, 5) is 0. The minimum Gasteiger partial charge on any atom is -0.407 e. The highest BCUT2D eigenvalue weighted by Gasteiger charge is 2.49. The van der Waals surface area contributed by atoms with Crippen molar-refractivity contribution in [3.63, 3.8) is 0 Å². The molecule has 4 heteroatoms. The Bertz CT molecular complexity index is 613. The zero-order chi connectivity index (χ0) is 20.3. The smallest absolute Gasteiger partial charge is 0.261 e. The highest BCUT2D eigenvalue weighted by molar-refractivity contribution is 6.99. The van der Waals surface area contributed by atoms with Crippen LogP contribution in [-0.4, -0.2) is 39.9 Å². The maximum Gasteiger partial charge on any atom is 0.261 e. The lowest BCUT2D eigenvalue weighted by Crippen LogP contribution is -2.66. The molecule has 0 radical (unpaired) electrons. The Morgan fingerprint density at radius 2 is 1.18 bits per heavy atom. The van der Waals surface area contributed by atoms with Crippen molar-refractivity contribution in [2.75, 3.05) is 26.4 Å². The first-order valence-corrected chi connectivity index (χ1v) is 12.4. The van der Waals surface area contributed by atoms with E-state index in [0.717, 1.165) is 45.5 Å². The molecule has 0 atom stereocenters. The van der Waals surface area contributed by atoms with E-state index in [9.17, 15) is 0 Å². The van der Waals surface area contributed by atoms with Gasteiger partial charge in [-0.05, 0) is 41.1 Å². The number of rotatable bonds is 12. The maximum atomic E-state index is 8.80. The molecule has 0 aliphatic rings. The molecule has 0 aliphatic heterocycles. The Hall–Kier alpha value is -1.46. The van der Waals surface area contributed by atoms with E-state index in [1.165, 1.54) is 10.4 Å². The number of ether oxygens (including phenoxy) is 1. The number of hydrogen-bond acceptors (Lipinski definition) is 3. The molecule has 0 saturated carbocycles. The van der Waals surface area contributed by atoms with Gasteiger partial charge in [-0.25, -0.2) is 0 Å². The van der Waals surface area contributed by atoms with Gasteiger partial charge in [-0.2, -0.15) is 0 Å². The summed E-state index contributed by atoms with van der Waals surface area (Å²) < 4.78 is 12.5. The molecule has 0 bridgehead atoms. The third-order valence-electron chi connectivity index (χ3n) is 5.12. The van der Waals surface area contributed by atoms with Gasteiger partial charge in [-0.1, -0.05) is 81.4 Å². The Kier molecular flexibility index (Phi) is 9.39. The van der Waals surface area contributed by atoms with Gasteiger partial charge in [0.2, 0.25) is 0 Å². The monoisotopic (exact) mass is 400 g/mol.